The topological polar surface area (TPSA) is 55.6 Å². The predicted molar refractivity (Wildman–Crippen MR) is 64.8 cm³/mol. The zero-order chi connectivity index (χ0) is 11.7. The number of nitrogens with two attached hydrogens (primary N) is 1. The maximum atomic E-state index is 11.1. The number of rotatable bonds is 8. The summed E-state index contributed by atoms with van der Waals surface area (Å²) in [7, 11) is 0. The Labute approximate surface area is 96.8 Å². The molecule has 0 aromatic rings. The van der Waals surface area contributed by atoms with Crippen molar-refractivity contribution in [3.05, 3.63) is 0 Å². The minimum Gasteiger partial charge on any atom is -0.466 e. The van der Waals surface area contributed by atoms with Crippen molar-refractivity contribution < 1.29 is 9.53 Å². The van der Waals surface area contributed by atoms with Gasteiger partial charge < -0.3 is 10.5 Å². The summed E-state index contributed by atoms with van der Waals surface area (Å²) < 4.78 is 4.85. The van der Waals surface area contributed by atoms with E-state index >= 15 is 0 Å². The fourth-order valence-corrected chi connectivity index (χ4v) is 1.47. The summed E-state index contributed by atoms with van der Waals surface area (Å²) in [4.78, 5) is 13.7. The average Bonchev–Trinajstić information content (AvgIpc) is 2.14. The zero-order valence-electron chi connectivity index (χ0n) is 9.49. The van der Waals surface area contributed by atoms with E-state index < -0.39 is 0 Å². The van der Waals surface area contributed by atoms with Crippen molar-refractivity contribution in [2.75, 3.05) is 26.2 Å². The first-order chi connectivity index (χ1) is 7.10. The summed E-state index contributed by atoms with van der Waals surface area (Å²) >= 11 is 4.84. The van der Waals surface area contributed by atoms with E-state index in [0.29, 0.717) is 31.1 Å². The molecule has 0 saturated carbocycles. The highest BCUT2D eigenvalue weighted by molar-refractivity contribution is 7.80. The van der Waals surface area contributed by atoms with Gasteiger partial charge in [0.05, 0.1) is 18.0 Å². The van der Waals surface area contributed by atoms with Gasteiger partial charge in [-0.2, -0.15) is 0 Å². The van der Waals surface area contributed by atoms with E-state index in [4.69, 9.17) is 22.7 Å². The smallest absolute Gasteiger partial charge is 0.307 e. The third-order valence-corrected chi connectivity index (χ3v) is 1.99. The third-order valence-electron chi connectivity index (χ3n) is 1.86. The predicted octanol–water partition coefficient (Wildman–Crippen LogP) is 0.938. The van der Waals surface area contributed by atoms with E-state index in [1.165, 1.54) is 0 Å². The van der Waals surface area contributed by atoms with E-state index in [1.807, 2.05) is 0 Å². The summed E-state index contributed by atoms with van der Waals surface area (Å²) in [6.07, 6.45) is 1.42. The van der Waals surface area contributed by atoms with Gasteiger partial charge in [-0.25, -0.2) is 0 Å². The van der Waals surface area contributed by atoms with Gasteiger partial charge in [-0.05, 0) is 19.9 Å². The van der Waals surface area contributed by atoms with Crippen molar-refractivity contribution in [3.8, 4) is 0 Å². The minimum absolute atomic E-state index is 0.165. The highest BCUT2D eigenvalue weighted by atomic mass is 32.1. The fraction of sp³-hybridized carbons (Fsp3) is 0.800. The van der Waals surface area contributed by atoms with Crippen LogP contribution in [0.1, 0.15) is 26.7 Å². The van der Waals surface area contributed by atoms with E-state index in [-0.39, 0.29) is 5.97 Å². The Balaban J connectivity index is 3.84. The summed E-state index contributed by atoms with van der Waals surface area (Å²) in [5.41, 5.74) is 5.46. The van der Waals surface area contributed by atoms with Gasteiger partial charge in [0, 0.05) is 13.1 Å². The number of esters is 1. The number of hydrogen-bond acceptors (Lipinski definition) is 4. The van der Waals surface area contributed by atoms with Crippen LogP contribution in [-0.2, 0) is 9.53 Å². The van der Waals surface area contributed by atoms with Gasteiger partial charge in [-0.3, -0.25) is 9.69 Å². The molecule has 0 rings (SSSR count). The van der Waals surface area contributed by atoms with Crippen LogP contribution >= 0.6 is 12.2 Å². The Kier molecular flexibility index (Phi) is 8.22. The second kappa shape index (κ2) is 8.61. The first kappa shape index (κ1) is 14.3. The van der Waals surface area contributed by atoms with Crippen LogP contribution in [0.15, 0.2) is 0 Å². The molecule has 0 aromatic carbocycles. The molecule has 0 bridgehead atoms. The van der Waals surface area contributed by atoms with Crippen molar-refractivity contribution in [1.82, 2.24) is 4.90 Å². The van der Waals surface area contributed by atoms with Crippen LogP contribution in [-0.4, -0.2) is 42.1 Å². The summed E-state index contributed by atoms with van der Waals surface area (Å²) in [6.45, 7) is 6.44. The molecule has 5 heteroatoms. The zero-order valence-corrected chi connectivity index (χ0v) is 10.3. The molecular formula is C10H20N2O2S. The second-order valence-corrected chi connectivity index (χ2v) is 3.82. The molecule has 2 N–H and O–H groups in total. The van der Waals surface area contributed by atoms with Crippen LogP contribution in [0.5, 0.6) is 0 Å². The molecule has 4 nitrogen and oxygen atoms in total. The van der Waals surface area contributed by atoms with Crippen LogP contribution in [0.2, 0.25) is 0 Å². The molecule has 88 valence electrons. The first-order valence-corrected chi connectivity index (χ1v) is 5.67. The SMILES string of the molecule is CCCN(CCC(=O)OCC)CC(N)=S. The lowest BCUT2D eigenvalue weighted by Gasteiger charge is -2.20. The molecule has 0 heterocycles. The second-order valence-electron chi connectivity index (χ2n) is 3.30. The number of ether oxygens (including phenoxy) is 1. The van der Waals surface area contributed by atoms with E-state index in [2.05, 4.69) is 11.8 Å². The van der Waals surface area contributed by atoms with Gasteiger partial charge in [0.25, 0.3) is 0 Å². The van der Waals surface area contributed by atoms with Crippen LogP contribution in [0, 0.1) is 0 Å². The van der Waals surface area contributed by atoms with Gasteiger partial charge in [-0.1, -0.05) is 19.1 Å². The van der Waals surface area contributed by atoms with E-state index in [1.54, 1.807) is 6.92 Å². The van der Waals surface area contributed by atoms with Gasteiger partial charge >= 0.3 is 5.97 Å². The summed E-state index contributed by atoms with van der Waals surface area (Å²) in [5.74, 6) is -0.165. The maximum absolute atomic E-state index is 11.1. The number of carbonyl (C=O) groups excluding carboxylic acids is 1. The lowest BCUT2D eigenvalue weighted by molar-refractivity contribution is -0.143. The monoisotopic (exact) mass is 232 g/mol. The van der Waals surface area contributed by atoms with Crippen molar-refractivity contribution in [3.63, 3.8) is 0 Å². The molecule has 0 aromatic heterocycles. The number of thiocarbonyl (C=S) groups is 1. The molecule has 0 radical (unpaired) electrons. The summed E-state index contributed by atoms with van der Waals surface area (Å²) in [6, 6.07) is 0. The highest BCUT2D eigenvalue weighted by Gasteiger charge is 2.08. The lowest BCUT2D eigenvalue weighted by atomic mass is 10.3. The largest absolute Gasteiger partial charge is 0.466 e. The molecule has 0 atom stereocenters. The molecule has 0 aliphatic rings. The average molecular weight is 232 g/mol. The summed E-state index contributed by atoms with van der Waals surface area (Å²) in [5, 5.41) is 0. The van der Waals surface area contributed by atoms with Crippen molar-refractivity contribution in [2.24, 2.45) is 5.73 Å². The Morgan fingerprint density at radius 2 is 2.07 bits per heavy atom. The van der Waals surface area contributed by atoms with Gasteiger partial charge in [0.1, 0.15) is 0 Å². The Hall–Kier alpha value is -0.680. The Morgan fingerprint density at radius 1 is 1.40 bits per heavy atom. The molecule has 0 spiro atoms. The molecule has 0 fully saturated rings. The van der Waals surface area contributed by atoms with Crippen LogP contribution in [0.25, 0.3) is 0 Å². The molecule has 0 amide bonds. The number of nitrogens with zero attached hydrogens (tertiary/aromatic N) is 1. The fourth-order valence-electron chi connectivity index (χ4n) is 1.29. The first-order valence-electron chi connectivity index (χ1n) is 5.26. The Morgan fingerprint density at radius 3 is 2.53 bits per heavy atom. The molecule has 0 saturated heterocycles. The quantitative estimate of drug-likeness (QED) is 0.498. The van der Waals surface area contributed by atoms with Gasteiger partial charge in [-0.15, -0.1) is 0 Å². The molecule has 15 heavy (non-hydrogen) atoms. The van der Waals surface area contributed by atoms with Crippen LogP contribution in [0.4, 0.5) is 0 Å². The van der Waals surface area contributed by atoms with E-state index in [9.17, 15) is 4.79 Å². The third kappa shape index (κ3) is 8.32. The Bertz CT molecular complexity index is 210. The van der Waals surface area contributed by atoms with Crippen molar-refractivity contribution in [1.29, 1.82) is 0 Å². The van der Waals surface area contributed by atoms with Crippen LogP contribution < -0.4 is 5.73 Å². The standard InChI is InChI=1S/C10H20N2O2S/c1-3-6-12(8-9(11)15)7-5-10(13)14-4-2/h3-8H2,1-2H3,(H2,11,15). The minimum atomic E-state index is -0.165. The van der Waals surface area contributed by atoms with Crippen molar-refractivity contribution in [2.45, 2.75) is 26.7 Å². The molecule has 0 unspecified atom stereocenters. The van der Waals surface area contributed by atoms with E-state index in [0.717, 1.165) is 13.0 Å². The lowest BCUT2D eigenvalue weighted by Crippen LogP contribution is -2.35. The molecule has 0 aliphatic carbocycles. The van der Waals surface area contributed by atoms with Crippen LogP contribution in [0.3, 0.4) is 0 Å². The maximum Gasteiger partial charge on any atom is 0.307 e. The number of hydrogen-bond donors (Lipinski definition) is 1. The highest BCUT2D eigenvalue weighted by Crippen LogP contribution is 1.96. The normalized spacial score (nSPS) is 10.3. The van der Waals surface area contributed by atoms with Gasteiger partial charge in [0.15, 0.2) is 0 Å². The number of carbonyl (C=O) groups is 1. The van der Waals surface area contributed by atoms with Gasteiger partial charge in [0.2, 0.25) is 0 Å². The molecular weight excluding hydrogens is 212 g/mol. The van der Waals surface area contributed by atoms with Crippen molar-refractivity contribution >= 4 is 23.2 Å². The molecule has 0 aliphatic heterocycles.